The first-order chi connectivity index (χ1) is 9.97. The summed E-state index contributed by atoms with van der Waals surface area (Å²) < 4.78 is 0. The number of unbranched alkanes of at least 4 members (excludes halogenated alkanes) is 3. The SMILES string of the molecule is CCCCCCNC(N)=NCC(C)(O)c1ccccc1Cl. The van der Waals surface area contributed by atoms with Crippen LogP contribution in [-0.2, 0) is 5.60 Å². The number of benzene rings is 1. The third-order valence-corrected chi connectivity index (χ3v) is 3.68. The molecule has 0 saturated carbocycles. The molecule has 1 aromatic carbocycles. The summed E-state index contributed by atoms with van der Waals surface area (Å²) in [4.78, 5) is 4.21. The summed E-state index contributed by atoms with van der Waals surface area (Å²) in [7, 11) is 0. The van der Waals surface area contributed by atoms with Crippen LogP contribution in [0, 0.1) is 0 Å². The van der Waals surface area contributed by atoms with Crippen molar-refractivity contribution >= 4 is 17.6 Å². The minimum atomic E-state index is -1.13. The molecule has 5 heteroatoms. The third kappa shape index (κ3) is 6.36. The van der Waals surface area contributed by atoms with Crippen LogP contribution < -0.4 is 11.1 Å². The minimum Gasteiger partial charge on any atom is -0.383 e. The molecule has 118 valence electrons. The van der Waals surface area contributed by atoms with E-state index in [-0.39, 0.29) is 6.54 Å². The fourth-order valence-electron chi connectivity index (χ4n) is 2.05. The van der Waals surface area contributed by atoms with Crippen LogP contribution in [-0.4, -0.2) is 24.2 Å². The third-order valence-electron chi connectivity index (χ3n) is 3.35. The van der Waals surface area contributed by atoms with Gasteiger partial charge in [0.2, 0.25) is 0 Å². The molecule has 0 heterocycles. The van der Waals surface area contributed by atoms with Crippen LogP contribution in [0.2, 0.25) is 5.02 Å². The number of nitrogens with zero attached hydrogens (tertiary/aromatic N) is 1. The Kier molecular flexibility index (Phi) is 7.54. The molecule has 0 aromatic heterocycles. The predicted octanol–water partition coefficient (Wildman–Crippen LogP) is 3.03. The van der Waals surface area contributed by atoms with Crippen molar-refractivity contribution in [3.8, 4) is 0 Å². The number of halogens is 1. The molecule has 1 atom stereocenters. The van der Waals surface area contributed by atoms with E-state index in [1.165, 1.54) is 19.3 Å². The van der Waals surface area contributed by atoms with E-state index >= 15 is 0 Å². The fourth-order valence-corrected chi connectivity index (χ4v) is 2.39. The maximum absolute atomic E-state index is 10.5. The molecule has 0 fully saturated rings. The maximum Gasteiger partial charge on any atom is 0.188 e. The molecule has 0 aliphatic rings. The number of hydrogen-bond acceptors (Lipinski definition) is 2. The Morgan fingerprint density at radius 1 is 1.33 bits per heavy atom. The first-order valence-corrected chi connectivity index (χ1v) is 7.86. The van der Waals surface area contributed by atoms with E-state index in [0.717, 1.165) is 13.0 Å². The minimum absolute atomic E-state index is 0.171. The Balaban J connectivity index is 2.48. The lowest BCUT2D eigenvalue weighted by molar-refractivity contribution is 0.0674. The highest BCUT2D eigenvalue weighted by molar-refractivity contribution is 6.31. The maximum atomic E-state index is 10.5. The molecule has 21 heavy (non-hydrogen) atoms. The van der Waals surface area contributed by atoms with Gasteiger partial charge in [-0.1, -0.05) is 56.0 Å². The quantitative estimate of drug-likeness (QED) is 0.392. The number of nitrogens with two attached hydrogens (primary N) is 1. The van der Waals surface area contributed by atoms with Gasteiger partial charge in [0.15, 0.2) is 5.96 Å². The summed E-state index contributed by atoms with van der Waals surface area (Å²) in [6.45, 7) is 4.85. The lowest BCUT2D eigenvalue weighted by Crippen LogP contribution is -2.35. The molecule has 0 aliphatic carbocycles. The summed E-state index contributed by atoms with van der Waals surface area (Å²) in [5.41, 5.74) is 5.33. The average molecular weight is 312 g/mol. The van der Waals surface area contributed by atoms with Gasteiger partial charge in [0, 0.05) is 17.1 Å². The van der Waals surface area contributed by atoms with Crippen molar-refractivity contribution in [2.45, 2.75) is 45.1 Å². The number of aliphatic imine (C=N–C) groups is 1. The van der Waals surface area contributed by atoms with Crippen molar-refractivity contribution in [3.63, 3.8) is 0 Å². The van der Waals surface area contributed by atoms with E-state index in [4.69, 9.17) is 17.3 Å². The highest BCUT2D eigenvalue weighted by Gasteiger charge is 2.25. The van der Waals surface area contributed by atoms with E-state index in [9.17, 15) is 5.11 Å². The van der Waals surface area contributed by atoms with Gasteiger partial charge in [0.05, 0.1) is 6.54 Å². The molecule has 0 saturated heterocycles. The Labute approximate surface area is 132 Å². The average Bonchev–Trinajstić information content (AvgIpc) is 2.45. The summed E-state index contributed by atoms with van der Waals surface area (Å²) in [5.74, 6) is 0.360. The summed E-state index contributed by atoms with van der Waals surface area (Å²) in [6.07, 6.45) is 4.71. The van der Waals surface area contributed by atoms with E-state index in [1.807, 2.05) is 12.1 Å². The van der Waals surface area contributed by atoms with Gasteiger partial charge < -0.3 is 16.2 Å². The van der Waals surface area contributed by atoms with Gasteiger partial charge in [0.25, 0.3) is 0 Å². The lowest BCUT2D eigenvalue weighted by atomic mass is 9.96. The van der Waals surface area contributed by atoms with Gasteiger partial charge in [0.1, 0.15) is 5.60 Å². The van der Waals surface area contributed by atoms with E-state index in [2.05, 4.69) is 17.2 Å². The van der Waals surface area contributed by atoms with Crippen molar-refractivity contribution < 1.29 is 5.11 Å². The summed E-state index contributed by atoms with van der Waals surface area (Å²) in [6, 6.07) is 7.22. The number of rotatable bonds is 8. The lowest BCUT2D eigenvalue weighted by Gasteiger charge is -2.23. The van der Waals surface area contributed by atoms with Gasteiger partial charge in [-0.2, -0.15) is 0 Å². The second-order valence-corrected chi connectivity index (χ2v) is 5.85. The van der Waals surface area contributed by atoms with Crippen LogP contribution in [0.1, 0.15) is 45.1 Å². The fraction of sp³-hybridized carbons (Fsp3) is 0.562. The molecule has 4 nitrogen and oxygen atoms in total. The monoisotopic (exact) mass is 311 g/mol. The highest BCUT2D eigenvalue weighted by Crippen LogP contribution is 2.27. The molecule has 0 radical (unpaired) electrons. The summed E-state index contributed by atoms with van der Waals surface area (Å²) >= 11 is 6.10. The second-order valence-electron chi connectivity index (χ2n) is 5.44. The Morgan fingerprint density at radius 2 is 2.05 bits per heavy atom. The normalized spacial score (nSPS) is 14.8. The molecule has 0 bridgehead atoms. The molecule has 1 aromatic rings. The number of guanidine groups is 1. The largest absolute Gasteiger partial charge is 0.383 e. The van der Waals surface area contributed by atoms with Crippen LogP contribution in [0.5, 0.6) is 0 Å². The van der Waals surface area contributed by atoms with Crippen LogP contribution >= 0.6 is 11.6 Å². The molecule has 4 N–H and O–H groups in total. The molecular formula is C16H26ClN3O. The van der Waals surface area contributed by atoms with Crippen molar-refractivity contribution in [3.05, 3.63) is 34.9 Å². The Morgan fingerprint density at radius 3 is 2.71 bits per heavy atom. The van der Waals surface area contributed by atoms with Crippen molar-refractivity contribution in [1.29, 1.82) is 0 Å². The van der Waals surface area contributed by atoms with Crippen LogP contribution in [0.15, 0.2) is 29.3 Å². The molecule has 0 aliphatic heterocycles. The highest BCUT2D eigenvalue weighted by atomic mass is 35.5. The predicted molar refractivity (Wildman–Crippen MR) is 89.7 cm³/mol. The topological polar surface area (TPSA) is 70.6 Å². The smallest absolute Gasteiger partial charge is 0.188 e. The zero-order valence-corrected chi connectivity index (χ0v) is 13.7. The van der Waals surface area contributed by atoms with Gasteiger partial charge in [-0.05, 0) is 19.4 Å². The Bertz CT molecular complexity index is 461. The second kappa shape index (κ2) is 8.90. The zero-order chi connectivity index (χ0) is 15.7. The van der Waals surface area contributed by atoms with Crippen molar-refractivity contribution in [1.82, 2.24) is 5.32 Å². The Hall–Kier alpha value is -1.26. The van der Waals surface area contributed by atoms with Gasteiger partial charge >= 0.3 is 0 Å². The van der Waals surface area contributed by atoms with E-state index in [0.29, 0.717) is 16.5 Å². The molecular weight excluding hydrogens is 286 g/mol. The van der Waals surface area contributed by atoms with Crippen molar-refractivity contribution in [2.75, 3.05) is 13.1 Å². The molecule has 1 rings (SSSR count). The van der Waals surface area contributed by atoms with E-state index in [1.54, 1.807) is 19.1 Å². The molecule has 1 unspecified atom stereocenters. The van der Waals surface area contributed by atoms with Gasteiger partial charge in [-0.3, -0.25) is 4.99 Å². The van der Waals surface area contributed by atoms with Crippen LogP contribution in [0.25, 0.3) is 0 Å². The van der Waals surface area contributed by atoms with Gasteiger partial charge in [-0.15, -0.1) is 0 Å². The standard InChI is InChI=1S/C16H26ClN3O/c1-3-4-5-8-11-19-15(18)20-12-16(2,21)13-9-6-7-10-14(13)17/h6-7,9-10,21H,3-5,8,11-12H2,1-2H3,(H3,18,19,20). The van der Waals surface area contributed by atoms with E-state index < -0.39 is 5.60 Å². The number of hydrogen-bond donors (Lipinski definition) is 3. The first kappa shape index (κ1) is 17.8. The zero-order valence-electron chi connectivity index (χ0n) is 12.9. The van der Waals surface area contributed by atoms with Gasteiger partial charge in [-0.25, -0.2) is 0 Å². The molecule has 0 amide bonds. The first-order valence-electron chi connectivity index (χ1n) is 7.48. The number of aliphatic hydroxyl groups is 1. The van der Waals surface area contributed by atoms with Crippen LogP contribution in [0.3, 0.4) is 0 Å². The molecule has 0 spiro atoms. The summed E-state index contributed by atoms with van der Waals surface area (Å²) in [5, 5.41) is 14.1. The number of nitrogens with one attached hydrogen (secondary N) is 1. The van der Waals surface area contributed by atoms with Crippen molar-refractivity contribution in [2.24, 2.45) is 10.7 Å². The van der Waals surface area contributed by atoms with Crippen LogP contribution in [0.4, 0.5) is 0 Å².